The van der Waals surface area contributed by atoms with Gasteiger partial charge in [0, 0.05) is 34.6 Å². The summed E-state index contributed by atoms with van der Waals surface area (Å²) in [4.78, 5) is 32.6. The van der Waals surface area contributed by atoms with Crippen LogP contribution in [-0.4, -0.2) is 24.1 Å². The zero-order valence-corrected chi connectivity index (χ0v) is 16.1. The molecule has 0 saturated heterocycles. The van der Waals surface area contributed by atoms with Gasteiger partial charge in [-0.1, -0.05) is 30.3 Å². The Morgan fingerprint density at radius 1 is 0.966 bits per heavy atom. The third-order valence-electron chi connectivity index (χ3n) is 5.67. The maximum absolute atomic E-state index is 12.9. The predicted octanol–water partition coefficient (Wildman–Crippen LogP) is 3.65. The number of imide groups is 1. The molecule has 1 aromatic heterocycles. The SMILES string of the molecule is O=C1NC(=O)C(c2cccc3sccc23)=C1C1=NC=CN2CCc3cccc1c32. The molecule has 0 atom stereocenters. The third kappa shape index (κ3) is 2.29. The molecule has 2 aromatic carbocycles. The van der Waals surface area contributed by atoms with Crippen molar-refractivity contribution in [1.82, 2.24) is 5.32 Å². The van der Waals surface area contributed by atoms with Crippen molar-refractivity contribution in [3.63, 3.8) is 0 Å². The number of hydrogen-bond acceptors (Lipinski definition) is 5. The number of carbonyl (C=O) groups is 2. The summed E-state index contributed by atoms with van der Waals surface area (Å²) in [7, 11) is 0. The van der Waals surface area contributed by atoms with Gasteiger partial charge in [0.05, 0.1) is 22.5 Å². The van der Waals surface area contributed by atoms with Gasteiger partial charge in [-0.25, -0.2) is 0 Å². The lowest BCUT2D eigenvalue weighted by Crippen LogP contribution is -2.25. The minimum atomic E-state index is -0.395. The predicted molar refractivity (Wildman–Crippen MR) is 115 cm³/mol. The molecule has 3 aliphatic rings. The van der Waals surface area contributed by atoms with Gasteiger partial charge in [-0.15, -0.1) is 11.3 Å². The van der Waals surface area contributed by atoms with Crippen LogP contribution in [0.15, 0.2) is 70.8 Å². The van der Waals surface area contributed by atoms with E-state index in [2.05, 4.69) is 21.3 Å². The fourth-order valence-electron chi connectivity index (χ4n) is 4.43. The molecule has 0 saturated carbocycles. The van der Waals surface area contributed by atoms with E-state index in [1.807, 2.05) is 48.0 Å². The number of carbonyl (C=O) groups excluding carboxylic acids is 2. The molecule has 29 heavy (non-hydrogen) atoms. The van der Waals surface area contributed by atoms with E-state index < -0.39 is 5.91 Å². The van der Waals surface area contributed by atoms with Gasteiger partial charge < -0.3 is 4.90 Å². The molecule has 140 valence electrons. The van der Waals surface area contributed by atoms with Crippen LogP contribution in [-0.2, 0) is 16.0 Å². The molecular weight excluding hydrogens is 382 g/mol. The first kappa shape index (κ1) is 16.4. The van der Waals surface area contributed by atoms with E-state index in [-0.39, 0.29) is 5.91 Å². The van der Waals surface area contributed by atoms with E-state index in [0.717, 1.165) is 39.9 Å². The van der Waals surface area contributed by atoms with Crippen LogP contribution in [0.3, 0.4) is 0 Å². The smallest absolute Gasteiger partial charge is 0.261 e. The average molecular weight is 397 g/mol. The van der Waals surface area contributed by atoms with Crippen LogP contribution in [0.5, 0.6) is 0 Å². The number of thiophene rings is 1. The number of amides is 2. The molecule has 1 N–H and O–H groups in total. The second-order valence-electron chi connectivity index (χ2n) is 7.20. The summed E-state index contributed by atoms with van der Waals surface area (Å²) >= 11 is 1.61. The van der Waals surface area contributed by atoms with E-state index in [0.29, 0.717) is 16.9 Å². The first-order valence-electron chi connectivity index (χ1n) is 9.42. The number of benzene rings is 2. The Kier molecular flexibility index (Phi) is 3.40. The number of rotatable bonds is 2. The Balaban J connectivity index is 1.66. The molecule has 0 radical (unpaired) electrons. The normalized spacial score (nSPS) is 17.7. The molecule has 3 aromatic rings. The molecule has 0 bridgehead atoms. The number of para-hydroxylation sites is 1. The fraction of sp³-hybridized carbons (Fsp3) is 0.0870. The highest BCUT2D eigenvalue weighted by atomic mass is 32.1. The number of fused-ring (bicyclic) bond motifs is 1. The van der Waals surface area contributed by atoms with Crippen LogP contribution < -0.4 is 10.2 Å². The molecule has 6 rings (SSSR count). The molecule has 0 spiro atoms. The van der Waals surface area contributed by atoms with Crippen LogP contribution >= 0.6 is 11.3 Å². The number of hydrogen-bond donors (Lipinski definition) is 1. The second-order valence-corrected chi connectivity index (χ2v) is 8.15. The largest absolute Gasteiger partial charge is 0.345 e. The standard InChI is InChI=1S/C23H15N3O2S/c27-22-18(15-4-2-6-17-14(15)8-12-29-17)19(23(28)25-22)20-16-5-1-3-13-7-10-26(21(13)16)11-9-24-20/h1-6,8-9,11-12H,7,10H2,(H,25,27,28). The molecule has 0 aliphatic carbocycles. The van der Waals surface area contributed by atoms with Gasteiger partial charge in [-0.05, 0) is 35.1 Å². The maximum atomic E-state index is 12.9. The molecule has 2 amide bonds. The second kappa shape index (κ2) is 5.99. The Morgan fingerprint density at radius 2 is 1.79 bits per heavy atom. The average Bonchev–Trinajstić information content (AvgIpc) is 3.39. The number of aliphatic imine (C=N–C) groups is 1. The van der Waals surface area contributed by atoms with Crippen molar-refractivity contribution in [2.75, 3.05) is 11.4 Å². The van der Waals surface area contributed by atoms with Gasteiger partial charge >= 0.3 is 0 Å². The van der Waals surface area contributed by atoms with E-state index in [1.54, 1.807) is 17.5 Å². The monoisotopic (exact) mass is 397 g/mol. The number of nitrogens with one attached hydrogen (secondary N) is 1. The fourth-order valence-corrected chi connectivity index (χ4v) is 5.25. The van der Waals surface area contributed by atoms with E-state index in [4.69, 9.17) is 0 Å². The quantitative estimate of drug-likeness (QED) is 0.672. The van der Waals surface area contributed by atoms with Crippen LogP contribution in [0.1, 0.15) is 16.7 Å². The molecule has 5 nitrogen and oxygen atoms in total. The van der Waals surface area contributed by atoms with Crippen molar-refractivity contribution in [2.45, 2.75) is 6.42 Å². The Hall–Kier alpha value is -3.51. The van der Waals surface area contributed by atoms with Gasteiger partial charge in [0.1, 0.15) is 0 Å². The zero-order valence-electron chi connectivity index (χ0n) is 15.3. The maximum Gasteiger partial charge on any atom is 0.261 e. The minimum absolute atomic E-state index is 0.348. The van der Waals surface area contributed by atoms with Crippen LogP contribution in [0.25, 0.3) is 15.7 Å². The molecule has 6 heteroatoms. The Labute approximate surface area is 170 Å². The summed E-state index contributed by atoms with van der Waals surface area (Å²) < 4.78 is 1.08. The summed E-state index contributed by atoms with van der Waals surface area (Å²) in [5.74, 6) is -0.766. The van der Waals surface area contributed by atoms with Gasteiger partial charge in [-0.3, -0.25) is 19.9 Å². The van der Waals surface area contributed by atoms with Crippen molar-refractivity contribution < 1.29 is 9.59 Å². The third-order valence-corrected chi connectivity index (χ3v) is 6.55. The van der Waals surface area contributed by atoms with Crippen molar-refractivity contribution >= 4 is 50.2 Å². The minimum Gasteiger partial charge on any atom is -0.345 e. The lowest BCUT2D eigenvalue weighted by Gasteiger charge is -2.17. The lowest BCUT2D eigenvalue weighted by atomic mass is 9.91. The highest BCUT2D eigenvalue weighted by Crippen LogP contribution is 2.39. The van der Waals surface area contributed by atoms with Gasteiger partial charge in [0.15, 0.2) is 0 Å². The number of nitrogens with zero attached hydrogens (tertiary/aromatic N) is 2. The molecular formula is C23H15N3O2S. The van der Waals surface area contributed by atoms with Gasteiger partial charge in [-0.2, -0.15) is 0 Å². The van der Waals surface area contributed by atoms with E-state index >= 15 is 0 Å². The summed E-state index contributed by atoms with van der Waals surface area (Å²) in [6.07, 6.45) is 4.61. The highest BCUT2D eigenvalue weighted by molar-refractivity contribution is 7.17. The van der Waals surface area contributed by atoms with Crippen molar-refractivity contribution in [1.29, 1.82) is 0 Å². The van der Waals surface area contributed by atoms with Crippen LogP contribution in [0.2, 0.25) is 0 Å². The number of anilines is 1. The first-order chi connectivity index (χ1) is 14.2. The topological polar surface area (TPSA) is 61.8 Å². The summed E-state index contributed by atoms with van der Waals surface area (Å²) in [6, 6.07) is 13.9. The van der Waals surface area contributed by atoms with Crippen molar-refractivity contribution in [2.24, 2.45) is 4.99 Å². The molecule has 0 unspecified atom stereocenters. The summed E-state index contributed by atoms with van der Waals surface area (Å²) in [5.41, 5.74) is 5.26. The first-order valence-corrected chi connectivity index (χ1v) is 10.3. The van der Waals surface area contributed by atoms with Crippen molar-refractivity contribution in [3.05, 3.63) is 82.5 Å². The van der Waals surface area contributed by atoms with E-state index in [9.17, 15) is 9.59 Å². The Morgan fingerprint density at radius 3 is 2.72 bits per heavy atom. The molecule has 4 heterocycles. The van der Waals surface area contributed by atoms with Gasteiger partial charge in [0.25, 0.3) is 11.8 Å². The lowest BCUT2D eigenvalue weighted by molar-refractivity contribution is -0.123. The Bertz CT molecular complexity index is 1330. The van der Waals surface area contributed by atoms with Crippen LogP contribution in [0, 0.1) is 0 Å². The molecule has 3 aliphatic heterocycles. The van der Waals surface area contributed by atoms with Crippen molar-refractivity contribution in [3.8, 4) is 0 Å². The van der Waals surface area contributed by atoms with E-state index in [1.165, 1.54) is 5.56 Å². The summed E-state index contributed by atoms with van der Waals surface area (Å²) in [6.45, 7) is 0.886. The van der Waals surface area contributed by atoms with Gasteiger partial charge in [0.2, 0.25) is 0 Å². The zero-order chi connectivity index (χ0) is 19.5. The summed E-state index contributed by atoms with van der Waals surface area (Å²) in [5, 5.41) is 5.46. The highest BCUT2D eigenvalue weighted by Gasteiger charge is 2.37. The molecule has 0 fully saturated rings. The van der Waals surface area contributed by atoms with Crippen LogP contribution in [0.4, 0.5) is 5.69 Å².